The molecule has 0 atom stereocenters. The van der Waals surface area contributed by atoms with Gasteiger partial charge in [-0.1, -0.05) is 31.2 Å². The highest BCUT2D eigenvalue weighted by atomic mass is 32.2. The summed E-state index contributed by atoms with van der Waals surface area (Å²) in [5.41, 5.74) is 1.76. The lowest BCUT2D eigenvalue weighted by atomic mass is 9.98. The minimum Gasteiger partial charge on any atom is -0.310 e. The number of halogens is 2. The van der Waals surface area contributed by atoms with Gasteiger partial charge in [-0.3, -0.25) is 9.59 Å². The van der Waals surface area contributed by atoms with Gasteiger partial charge in [-0.2, -0.15) is 0 Å². The summed E-state index contributed by atoms with van der Waals surface area (Å²) in [6, 6.07) is 19.7. The number of amides is 1. The number of hydrogen-bond donors (Lipinski definition) is 1. The minimum absolute atomic E-state index is 0.00476. The Hall–Kier alpha value is -4.24. The van der Waals surface area contributed by atoms with Crippen LogP contribution in [0.25, 0.3) is 11.1 Å². The molecule has 1 N–H and O–H groups in total. The van der Waals surface area contributed by atoms with Gasteiger partial charge in [0.1, 0.15) is 23.1 Å². The molecule has 4 rings (SSSR count). The number of rotatable bonds is 8. The van der Waals surface area contributed by atoms with E-state index >= 15 is 0 Å². The average molecular weight is 521 g/mol. The summed E-state index contributed by atoms with van der Waals surface area (Å²) in [6.45, 7) is 1.56. The monoisotopic (exact) mass is 520 g/mol. The summed E-state index contributed by atoms with van der Waals surface area (Å²) in [5.74, 6) is -1.76. The van der Waals surface area contributed by atoms with E-state index < -0.39 is 33.2 Å². The van der Waals surface area contributed by atoms with Crippen LogP contribution in [-0.4, -0.2) is 30.8 Å². The van der Waals surface area contributed by atoms with Crippen molar-refractivity contribution in [3.8, 4) is 11.1 Å². The van der Waals surface area contributed by atoms with Gasteiger partial charge >= 0.3 is 0 Å². The molecule has 0 radical (unpaired) electrons. The number of nitrogens with one attached hydrogen (secondary N) is 1. The van der Waals surface area contributed by atoms with Gasteiger partial charge in [0.15, 0.2) is 9.84 Å². The normalized spacial score (nSPS) is 11.2. The number of aromatic nitrogens is 1. The fourth-order valence-corrected chi connectivity index (χ4v) is 4.54. The molecule has 0 unspecified atom stereocenters. The number of carbonyl (C=O) groups excluding carboxylic acids is 2. The molecule has 0 bridgehead atoms. The number of ketones is 1. The van der Waals surface area contributed by atoms with Gasteiger partial charge in [-0.25, -0.2) is 22.2 Å². The molecule has 4 aromatic rings. The molecule has 0 saturated heterocycles. The highest BCUT2D eigenvalue weighted by molar-refractivity contribution is 7.91. The molecule has 0 fully saturated rings. The van der Waals surface area contributed by atoms with E-state index in [-0.39, 0.29) is 34.1 Å². The fourth-order valence-electron chi connectivity index (χ4n) is 3.66. The van der Waals surface area contributed by atoms with Crippen molar-refractivity contribution < 1.29 is 26.8 Å². The van der Waals surface area contributed by atoms with E-state index in [0.717, 1.165) is 12.1 Å². The van der Waals surface area contributed by atoms with E-state index in [0.29, 0.717) is 16.7 Å². The first kappa shape index (κ1) is 25.8. The van der Waals surface area contributed by atoms with Crippen LogP contribution in [0.5, 0.6) is 0 Å². The zero-order valence-corrected chi connectivity index (χ0v) is 20.6. The number of nitrogens with zero attached hydrogens (tertiary/aromatic N) is 1. The van der Waals surface area contributed by atoms with Crippen molar-refractivity contribution in [1.29, 1.82) is 0 Å². The molecular weight excluding hydrogens is 498 g/mol. The fraction of sp³-hybridized carbons (Fsp3) is 0.107. The van der Waals surface area contributed by atoms with Gasteiger partial charge in [-0.05, 0) is 71.8 Å². The predicted molar refractivity (Wildman–Crippen MR) is 136 cm³/mol. The van der Waals surface area contributed by atoms with Crippen LogP contribution in [0.4, 0.5) is 14.6 Å². The average Bonchev–Trinajstić information content (AvgIpc) is 2.89. The Kier molecular flexibility index (Phi) is 7.54. The first-order valence-corrected chi connectivity index (χ1v) is 13.0. The lowest BCUT2D eigenvalue weighted by molar-refractivity contribution is -0.115. The Morgan fingerprint density at radius 3 is 2.00 bits per heavy atom. The predicted octanol–water partition coefficient (Wildman–Crippen LogP) is 5.23. The first-order chi connectivity index (χ1) is 17.7. The highest BCUT2D eigenvalue weighted by Gasteiger charge is 2.19. The number of carbonyl (C=O) groups is 2. The molecule has 3 aromatic carbocycles. The third kappa shape index (κ3) is 6.13. The van der Waals surface area contributed by atoms with Crippen molar-refractivity contribution in [2.24, 2.45) is 0 Å². The van der Waals surface area contributed by atoms with Crippen molar-refractivity contribution in [3.63, 3.8) is 0 Å². The van der Waals surface area contributed by atoms with Gasteiger partial charge in [0.25, 0.3) is 0 Å². The SMILES string of the molecule is CCS(=O)(=O)c1ccc(CC(=O)Nc2ccc(-c3ccc(F)cc3)c(C(=O)c3ccc(F)cc3)n2)cc1. The zero-order chi connectivity index (χ0) is 26.6. The summed E-state index contributed by atoms with van der Waals surface area (Å²) in [5, 5.41) is 2.65. The van der Waals surface area contributed by atoms with Crippen molar-refractivity contribution in [2.45, 2.75) is 18.2 Å². The molecule has 1 heterocycles. The van der Waals surface area contributed by atoms with Crippen molar-refractivity contribution in [1.82, 2.24) is 4.98 Å². The maximum Gasteiger partial charge on any atom is 0.229 e. The van der Waals surface area contributed by atoms with Gasteiger partial charge in [0.05, 0.1) is 17.1 Å². The topological polar surface area (TPSA) is 93.2 Å². The van der Waals surface area contributed by atoms with Gasteiger partial charge in [0.2, 0.25) is 11.7 Å². The molecule has 1 amide bonds. The number of sulfone groups is 1. The molecule has 0 saturated carbocycles. The number of benzene rings is 3. The molecule has 1 aromatic heterocycles. The second-order valence-corrected chi connectivity index (χ2v) is 10.5. The molecule has 0 aliphatic heterocycles. The summed E-state index contributed by atoms with van der Waals surface area (Å²) < 4.78 is 50.8. The molecular formula is C28H22F2N2O4S. The second kappa shape index (κ2) is 10.8. The summed E-state index contributed by atoms with van der Waals surface area (Å²) in [6.07, 6.45) is -0.0465. The van der Waals surface area contributed by atoms with E-state index in [1.807, 2.05) is 0 Å². The zero-order valence-electron chi connectivity index (χ0n) is 19.7. The lowest BCUT2D eigenvalue weighted by Gasteiger charge is -2.12. The highest BCUT2D eigenvalue weighted by Crippen LogP contribution is 2.27. The van der Waals surface area contributed by atoms with Crippen molar-refractivity contribution in [2.75, 3.05) is 11.1 Å². The van der Waals surface area contributed by atoms with Gasteiger partial charge in [0, 0.05) is 11.1 Å². The Morgan fingerprint density at radius 2 is 1.41 bits per heavy atom. The third-order valence-electron chi connectivity index (χ3n) is 5.67. The van der Waals surface area contributed by atoms with E-state index in [9.17, 15) is 26.8 Å². The Balaban J connectivity index is 1.60. The smallest absolute Gasteiger partial charge is 0.229 e. The molecule has 37 heavy (non-hydrogen) atoms. The standard InChI is InChI=1S/C28H22F2N2O4S/c1-2-37(35,36)23-13-3-18(4-14-23)17-26(33)31-25-16-15-24(19-5-9-21(29)10-6-19)27(32-25)28(34)20-7-11-22(30)12-8-20/h3-16H,2,17H2,1H3,(H,31,32,33). The van der Waals surface area contributed by atoms with Gasteiger partial charge in [-0.15, -0.1) is 0 Å². The molecule has 0 spiro atoms. The Labute approximate surface area is 212 Å². The summed E-state index contributed by atoms with van der Waals surface area (Å²) in [7, 11) is -3.34. The summed E-state index contributed by atoms with van der Waals surface area (Å²) in [4.78, 5) is 30.5. The van der Waals surface area contributed by atoms with E-state index in [1.54, 1.807) is 25.1 Å². The van der Waals surface area contributed by atoms with Crippen LogP contribution in [-0.2, 0) is 21.1 Å². The quantitative estimate of drug-likeness (QED) is 0.321. The van der Waals surface area contributed by atoms with Crippen LogP contribution in [0.1, 0.15) is 28.5 Å². The van der Waals surface area contributed by atoms with Crippen molar-refractivity contribution >= 4 is 27.3 Å². The van der Waals surface area contributed by atoms with Crippen molar-refractivity contribution in [3.05, 3.63) is 113 Å². The molecule has 0 aliphatic carbocycles. The number of pyridine rings is 1. The van der Waals surface area contributed by atoms with Crippen LogP contribution in [0.15, 0.2) is 89.8 Å². The van der Waals surface area contributed by atoms with E-state index in [2.05, 4.69) is 10.3 Å². The Morgan fingerprint density at radius 1 is 0.811 bits per heavy atom. The first-order valence-electron chi connectivity index (χ1n) is 11.3. The van der Waals surface area contributed by atoms with Crippen LogP contribution in [0.3, 0.4) is 0 Å². The van der Waals surface area contributed by atoms with E-state index in [4.69, 9.17) is 0 Å². The largest absolute Gasteiger partial charge is 0.310 e. The maximum absolute atomic E-state index is 13.5. The van der Waals surface area contributed by atoms with Crippen LogP contribution in [0.2, 0.25) is 0 Å². The van der Waals surface area contributed by atoms with Crippen LogP contribution >= 0.6 is 0 Å². The minimum atomic E-state index is -3.34. The Bertz CT molecular complexity index is 1550. The summed E-state index contributed by atoms with van der Waals surface area (Å²) >= 11 is 0. The van der Waals surface area contributed by atoms with Gasteiger partial charge < -0.3 is 5.32 Å². The van der Waals surface area contributed by atoms with Crippen LogP contribution in [0, 0.1) is 11.6 Å². The maximum atomic E-state index is 13.5. The number of hydrogen-bond acceptors (Lipinski definition) is 5. The molecule has 9 heteroatoms. The van der Waals surface area contributed by atoms with Crippen LogP contribution < -0.4 is 5.32 Å². The number of anilines is 1. The van der Waals surface area contributed by atoms with E-state index in [1.165, 1.54) is 54.6 Å². The molecule has 0 aliphatic rings. The molecule has 6 nitrogen and oxygen atoms in total. The second-order valence-electron chi connectivity index (χ2n) is 8.21. The molecule has 188 valence electrons. The third-order valence-corrected chi connectivity index (χ3v) is 7.42. The lowest BCUT2D eigenvalue weighted by Crippen LogP contribution is -2.17.